The van der Waals surface area contributed by atoms with Crippen LogP contribution in [-0.2, 0) is 7.05 Å². The Hall–Kier alpha value is -3.28. The normalized spacial score (nSPS) is 10.8. The van der Waals surface area contributed by atoms with E-state index in [1.54, 1.807) is 23.3 Å². The molecule has 0 unspecified atom stereocenters. The zero-order chi connectivity index (χ0) is 15.6. The molecule has 0 aromatic carbocycles. The fourth-order valence-corrected chi connectivity index (χ4v) is 2.44. The van der Waals surface area contributed by atoms with Crippen molar-refractivity contribution in [2.45, 2.75) is 0 Å². The van der Waals surface area contributed by atoms with Crippen LogP contribution in [0.15, 0.2) is 67.3 Å². The summed E-state index contributed by atoms with van der Waals surface area (Å²) >= 11 is 0. The third-order valence-corrected chi connectivity index (χ3v) is 3.57. The Balaban J connectivity index is 1.72. The minimum Gasteiger partial charge on any atom is -0.266 e. The number of aromatic nitrogens is 6. The third-order valence-electron chi connectivity index (χ3n) is 3.57. The van der Waals surface area contributed by atoms with Crippen LogP contribution in [-0.4, -0.2) is 29.5 Å². The maximum absolute atomic E-state index is 4.60. The largest absolute Gasteiger partial charge is 0.266 e. The van der Waals surface area contributed by atoms with E-state index in [2.05, 4.69) is 20.2 Å². The predicted octanol–water partition coefficient (Wildman–Crippen LogP) is 2.73. The van der Waals surface area contributed by atoms with E-state index in [9.17, 15) is 0 Å². The van der Waals surface area contributed by atoms with Crippen molar-refractivity contribution in [2.75, 3.05) is 0 Å². The lowest BCUT2D eigenvalue weighted by Crippen LogP contribution is -1.99. The van der Waals surface area contributed by atoms with Crippen LogP contribution in [0.25, 0.3) is 28.5 Å². The third kappa shape index (κ3) is 2.50. The molecule has 4 rings (SSSR count). The summed E-state index contributed by atoms with van der Waals surface area (Å²) in [6.07, 6.45) is 7.20. The summed E-state index contributed by atoms with van der Waals surface area (Å²) in [6.45, 7) is 0. The van der Waals surface area contributed by atoms with Gasteiger partial charge in [0.2, 0.25) is 0 Å². The molecule has 0 fully saturated rings. The molecule has 0 N–H and O–H groups in total. The maximum Gasteiger partial charge on any atom is 0.153 e. The van der Waals surface area contributed by atoms with Crippen molar-refractivity contribution in [2.24, 2.45) is 7.05 Å². The molecule has 0 aliphatic rings. The van der Waals surface area contributed by atoms with Crippen molar-refractivity contribution >= 4 is 0 Å². The molecule has 4 aromatic rings. The lowest BCUT2D eigenvalue weighted by Gasteiger charge is -1.99. The van der Waals surface area contributed by atoms with Gasteiger partial charge in [0.05, 0.1) is 11.4 Å². The van der Waals surface area contributed by atoms with E-state index in [1.165, 1.54) is 0 Å². The van der Waals surface area contributed by atoms with Crippen LogP contribution in [0.4, 0.5) is 0 Å². The second kappa shape index (κ2) is 5.49. The number of nitrogens with zero attached hydrogens (tertiary/aromatic N) is 6. The summed E-state index contributed by atoms with van der Waals surface area (Å²) in [5.41, 5.74) is 3.65. The average molecular weight is 302 g/mol. The van der Waals surface area contributed by atoms with Crippen molar-refractivity contribution in [3.05, 3.63) is 67.3 Å². The van der Waals surface area contributed by atoms with Gasteiger partial charge in [-0.25, -0.2) is 9.67 Å². The van der Waals surface area contributed by atoms with Gasteiger partial charge in [-0.15, -0.1) is 0 Å². The van der Waals surface area contributed by atoms with E-state index >= 15 is 0 Å². The first-order valence-corrected chi connectivity index (χ1v) is 7.23. The molecule has 112 valence electrons. The molecule has 0 atom stereocenters. The fraction of sp³-hybridized carbons (Fsp3) is 0.0588. The summed E-state index contributed by atoms with van der Waals surface area (Å²) < 4.78 is 3.58. The van der Waals surface area contributed by atoms with E-state index < -0.39 is 0 Å². The van der Waals surface area contributed by atoms with Crippen molar-refractivity contribution in [3.63, 3.8) is 0 Å². The van der Waals surface area contributed by atoms with Gasteiger partial charge in [0.1, 0.15) is 5.69 Å². The van der Waals surface area contributed by atoms with Crippen LogP contribution in [0.3, 0.4) is 0 Å². The molecule has 0 aliphatic heterocycles. The SMILES string of the molecule is Cn1nc(-c2cccnc2)cc1-c1ccn(-c2ccccn2)n1. The van der Waals surface area contributed by atoms with Gasteiger partial charge < -0.3 is 0 Å². The highest BCUT2D eigenvalue weighted by molar-refractivity contribution is 5.66. The molecule has 23 heavy (non-hydrogen) atoms. The van der Waals surface area contributed by atoms with Crippen molar-refractivity contribution in [3.8, 4) is 28.5 Å². The van der Waals surface area contributed by atoms with E-state index in [4.69, 9.17) is 0 Å². The van der Waals surface area contributed by atoms with Crippen LogP contribution in [0.1, 0.15) is 0 Å². The molecule has 0 saturated heterocycles. The molecule has 4 heterocycles. The summed E-state index contributed by atoms with van der Waals surface area (Å²) in [7, 11) is 1.91. The van der Waals surface area contributed by atoms with Gasteiger partial charge in [0, 0.05) is 37.4 Å². The smallest absolute Gasteiger partial charge is 0.153 e. The highest BCUT2D eigenvalue weighted by Gasteiger charge is 2.12. The second-order valence-corrected chi connectivity index (χ2v) is 5.11. The zero-order valence-electron chi connectivity index (χ0n) is 12.5. The molecular weight excluding hydrogens is 288 g/mol. The number of pyridine rings is 2. The summed E-state index contributed by atoms with van der Waals surface area (Å²) in [5.74, 6) is 0.786. The summed E-state index contributed by atoms with van der Waals surface area (Å²) in [6, 6.07) is 13.6. The van der Waals surface area contributed by atoms with Gasteiger partial charge >= 0.3 is 0 Å². The highest BCUT2D eigenvalue weighted by atomic mass is 15.3. The standard InChI is InChI=1S/C17H14N6/c1-22-16(11-15(20-22)13-5-4-8-18-12-13)14-7-10-23(21-14)17-6-2-3-9-19-17/h2-12H,1H3. The Morgan fingerprint density at radius 1 is 0.913 bits per heavy atom. The van der Waals surface area contributed by atoms with Crippen molar-refractivity contribution in [1.29, 1.82) is 0 Å². The first-order chi connectivity index (χ1) is 11.3. The van der Waals surface area contributed by atoms with Crippen LogP contribution in [0, 0.1) is 0 Å². The zero-order valence-corrected chi connectivity index (χ0v) is 12.5. The van der Waals surface area contributed by atoms with E-state index in [0.29, 0.717) is 0 Å². The van der Waals surface area contributed by atoms with Gasteiger partial charge in [0.15, 0.2) is 5.82 Å². The number of aryl methyl sites for hydroxylation is 1. The monoisotopic (exact) mass is 302 g/mol. The topological polar surface area (TPSA) is 61.4 Å². The lowest BCUT2D eigenvalue weighted by atomic mass is 10.2. The molecule has 0 saturated carbocycles. The maximum atomic E-state index is 4.60. The van der Waals surface area contributed by atoms with Gasteiger partial charge in [-0.1, -0.05) is 6.07 Å². The molecule has 6 nitrogen and oxygen atoms in total. The van der Waals surface area contributed by atoms with E-state index in [0.717, 1.165) is 28.5 Å². The Bertz CT molecular complexity index is 924. The lowest BCUT2D eigenvalue weighted by molar-refractivity contribution is 0.770. The molecular formula is C17H14N6. The predicted molar refractivity (Wildman–Crippen MR) is 86.8 cm³/mol. The quantitative estimate of drug-likeness (QED) is 0.584. The average Bonchev–Trinajstić information content (AvgIpc) is 3.23. The van der Waals surface area contributed by atoms with Crippen LogP contribution >= 0.6 is 0 Å². The Kier molecular flexibility index (Phi) is 3.20. The van der Waals surface area contributed by atoms with Gasteiger partial charge in [-0.05, 0) is 36.4 Å². The highest BCUT2D eigenvalue weighted by Crippen LogP contribution is 2.24. The Labute approximate surface area is 133 Å². The first kappa shape index (κ1) is 13.4. The van der Waals surface area contributed by atoms with E-state index in [-0.39, 0.29) is 0 Å². The fourth-order valence-electron chi connectivity index (χ4n) is 2.44. The Morgan fingerprint density at radius 3 is 2.65 bits per heavy atom. The molecule has 0 aliphatic carbocycles. The minimum absolute atomic E-state index is 0.786. The number of rotatable bonds is 3. The molecule has 0 spiro atoms. The van der Waals surface area contributed by atoms with Crippen LogP contribution in [0.2, 0.25) is 0 Å². The van der Waals surface area contributed by atoms with Gasteiger partial charge in [-0.3, -0.25) is 9.67 Å². The summed E-state index contributed by atoms with van der Waals surface area (Å²) in [5, 5.41) is 9.15. The number of hydrogen-bond acceptors (Lipinski definition) is 4. The van der Waals surface area contributed by atoms with Crippen molar-refractivity contribution < 1.29 is 0 Å². The summed E-state index contributed by atoms with van der Waals surface area (Å²) in [4.78, 5) is 8.44. The molecule has 6 heteroatoms. The second-order valence-electron chi connectivity index (χ2n) is 5.11. The van der Waals surface area contributed by atoms with Gasteiger partial charge in [0.25, 0.3) is 0 Å². The Morgan fingerprint density at radius 2 is 1.87 bits per heavy atom. The van der Waals surface area contributed by atoms with E-state index in [1.807, 2.05) is 60.4 Å². The molecule has 0 bridgehead atoms. The molecule has 0 radical (unpaired) electrons. The van der Waals surface area contributed by atoms with Crippen molar-refractivity contribution in [1.82, 2.24) is 29.5 Å². The molecule has 4 aromatic heterocycles. The number of hydrogen-bond donors (Lipinski definition) is 0. The first-order valence-electron chi connectivity index (χ1n) is 7.23. The van der Waals surface area contributed by atoms with Crippen LogP contribution < -0.4 is 0 Å². The minimum atomic E-state index is 0.786. The molecule has 0 amide bonds. The van der Waals surface area contributed by atoms with Gasteiger partial charge in [-0.2, -0.15) is 10.2 Å². The van der Waals surface area contributed by atoms with Crippen LogP contribution in [0.5, 0.6) is 0 Å².